The lowest BCUT2D eigenvalue weighted by molar-refractivity contribution is 0.476. The van der Waals surface area contributed by atoms with Crippen molar-refractivity contribution >= 4 is 21.7 Å². The highest BCUT2D eigenvalue weighted by Gasteiger charge is 2.12. The quantitative estimate of drug-likeness (QED) is 0.583. The molecule has 0 aliphatic heterocycles. The van der Waals surface area contributed by atoms with Crippen LogP contribution in [0.4, 0.5) is 0 Å². The molecule has 0 saturated carbocycles. The summed E-state index contributed by atoms with van der Waals surface area (Å²) in [7, 11) is -4.17. The van der Waals surface area contributed by atoms with Crippen LogP contribution in [0.2, 0.25) is 0 Å². The maximum absolute atomic E-state index is 10.1. The summed E-state index contributed by atoms with van der Waals surface area (Å²) in [4.78, 5) is 3.26. The molecule has 7 heteroatoms. The molecule has 1 aromatic rings. The van der Waals surface area contributed by atoms with Gasteiger partial charge in [0.1, 0.15) is 5.51 Å². The Morgan fingerprint density at radius 3 is 2.56 bits per heavy atom. The van der Waals surface area contributed by atoms with Gasteiger partial charge in [-0.1, -0.05) is 0 Å². The lowest BCUT2D eigenvalue weighted by atomic mass is 11.3. The van der Waals surface area contributed by atoms with E-state index in [1.54, 1.807) is 0 Å². The van der Waals surface area contributed by atoms with E-state index in [-0.39, 0.29) is 0 Å². The molecule has 0 aromatic carbocycles. The molecule has 0 unspecified atom stereocenters. The summed E-state index contributed by atoms with van der Waals surface area (Å²) < 4.78 is 31.8. The van der Waals surface area contributed by atoms with Gasteiger partial charge in [-0.3, -0.25) is 4.55 Å². The average Bonchev–Trinajstić information content (AvgIpc) is 2.08. The molecule has 50 valence electrons. The predicted octanol–water partition coefficient (Wildman–Crippen LogP) is -0.215. The van der Waals surface area contributed by atoms with Gasteiger partial charge >= 0.3 is 10.1 Å². The van der Waals surface area contributed by atoms with E-state index in [1.807, 2.05) is 0 Å². The fourth-order valence-electron chi connectivity index (χ4n) is 0.275. The SMILES string of the molecule is O=S(=O)(O)c1ncsn1. The Labute approximate surface area is 55.3 Å². The molecule has 0 saturated heterocycles. The van der Waals surface area contributed by atoms with Crippen molar-refractivity contribution in [2.24, 2.45) is 0 Å². The number of rotatable bonds is 1. The van der Waals surface area contributed by atoms with Gasteiger partial charge in [0.25, 0.3) is 5.16 Å². The molecule has 1 rings (SSSR count). The topological polar surface area (TPSA) is 80.2 Å². The molecule has 0 radical (unpaired) electrons. The van der Waals surface area contributed by atoms with Crippen LogP contribution >= 0.6 is 11.5 Å². The van der Waals surface area contributed by atoms with E-state index in [9.17, 15) is 8.42 Å². The summed E-state index contributed by atoms with van der Waals surface area (Å²) >= 11 is 0.866. The minimum atomic E-state index is -4.17. The third-order valence-corrected chi connectivity index (χ3v) is 1.82. The molecular formula is C2H2N2O3S2. The van der Waals surface area contributed by atoms with Crippen LogP contribution in [-0.4, -0.2) is 22.3 Å². The maximum Gasteiger partial charge on any atom is 0.331 e. The Morgan fingerprint density at radius 1 is 1.67 bits per heavy atom. The fraction of sp³-hybridized carbons (Fsp3) is 0. The van der Waals surface area contributed by atoms with Crippen LogP contribution in [0, 0.1) is 0 Å². The van der Waals surface area contributed by atoms with Gasteiger partial charge in [-0.15, -0.1) is 0 Å². The highest BCUT2D eigenvalue weighted by molar-refractivity contribution is 7.85. The maximum atomic E-state index is 10.1. The van der Waals surface area contributed by atoms with Crippen molar-refractivity contribution in [2.45, 2.75) is 5.16 Å². The van der Waals surface area contributed by atoms with E-state index in [2.05, 4.69) is 9.36 Å². The molecule has 0 aliphatic carbocycles. The first-order valence-corrected chi connectivity index (χ1v) is 4.12. The average molecular weight is 166 g/mol. The van der Waals surface area contributed by atoms with Crippen molar-refractivity contribution in [3.05, 3.63) is 5.51 Å². The predicted molar refractivity (Wildman–Crippen MR) is 29.7 cm³/mol. The summed E-state index contributed by atoms with van der Waals surface area (Å²) in [6.45, 7) is 0. The lowest BCUT2D eigenvalue weighted by Crippen LogP contribution is -1.99. The van der Waals surface area contributed by atoms with E-state index < -0.39 is 15.3 Å². The van der Waals surface area contributed by atoms with Gasteiger partial charge in [0.05, 0.1) is 0 Å². The van der Waals surface area contributed by atoms with Crippen molar-refractivity contribution in [1.82, 2.24) is 9.36 Å². The zero-order valence-electron chi connectivity index (χ0n) is 4.05. The normalized spacial score (nSPS) is 11.7. The van der Waals surface area contributed by atoms with Gasteiger partial charge in [-0.25, -0.2) is 4.98 Å². The van der Waals surface area contributed by atoms with E-state index in [0.29, 0.717) is 0 Å². The van der Waals surface area contributed by atoms with E-state index in [1.165, 1.54) is 5.51 Å². The van der Waals surface area contributed by atoms with Gasteiger partial charge in [0, 0.05) is 0 Å². The Hall–Kier alpha value is -0.530. The van der Waals surface area contributed by atoms with E-state index in [0.717, 1.165) is 11.5 Å². The summed E-state index contributed by atoms with van der Waals surface area (Å²) in [6.07, 6.45) is 0. The number of hydrogen-bond acceptors (Lipinski definition) is 5. The van der Waals surface area contributed by atoms with Crippen molar-refractivity contribution in [1.29, 1.82) is 0 Å². The van der Waals surface area contributed by atoms with E-state index >= 15 is 0 Å². The van der Waals surface area contributed by atoms with Crippen LogP contribution in [0.3, 0.4) is 0 Å². The third kappa shape index (κ3) is 1.44. The van der Waals surface area contributed by atoms with Gasteiger partial charge in [0.15, 0.2) is 0 Å². The monoisotopic (exact) mass is 166 g/mol. The summed E-state index contributed by atoms with van der Waals surface area (Å²) in [5.41, 5.74) is 1.23. The first-order chi connectivity index (χ1) is 4.11. The largest absolute Gasteiger partial charge is 0.331 e. The Kier molecular flexibility index (Phi) is 1.47. The lowest BCUT2D eigenvalue weighted by Gasteiger charge is -1.81. The Morgan fingerprint density at radius 2 is 2.33 bits per heavy atom. The summed E-state index contributed by atoms with van der Waals surface area (Å²) in [5, 5.41) is -0.535. The van der Waals surface area contributed by atoms with Gasteiger partial charge in [0.2, 0.25) is 0 Å². The smallest absolute Gasteiger partial charge is 0.279 e. The zero-order valence-corrected chi connectivity index (χ0v) is 5.68. The molecule has 0 atom stereocenters. The number of hydrogen-bond donors (Lipinski definition) is 1. The molecule has 9 heavy (non-hydrogen) atoms. The number of aromatic nitrogens is 2. The first kappa shape index (κ1) is 6.59. The van der Waals surface area contributed by atoms with Crippen LogP contribution in [0.25, 0.3) is 0 Å². The second-order valence-corrected chi connectivity index (χ2v) is 3.11. The van der Waals surface area contributed by atoms with Crippen LogP contribution in [0.5, 0.6) is 0 Å². The summed E-state index contributed by atoms with van der Waals surface area (Å²) in [5.74, 6) is 0. The Balaban J connectivity index is 3.20. The van der Waals surface area contributed by atoms with E-state index in [4.69, 9.17) is 4.55 Å². The molecule has 1 N–H and O–H groups in total. The highest BCUT2D eigenvalue weighted by atomic mass is 32.2. The van der Waals surface area contributed by atoms with Crippen molar-refractivity contribution in [3.63, 3.8) is 0 Å². The molecule has 0 amide bonds. The van der Waals surface area contributed by atoms with Gasteiger partial charge in [-0.2, -0.15) is 12.8 Å². The molecule has 0 aliphatic rings. The third-order valence-electron chi connectivity index (χ3n) is 0.572. The van der Waals surface area contributed by atoms with Crippen molar-refractivity contribution in [3.8, 4) is 0 Å². The second-order valence-electron chi connectivity index (χ2n) is 1.19. The van der Waals surface area contributed by atoms with Crippen molar-refractivity contribution in [2.75, 3.05) is 0 Å². The highest BCUT2D eigenvalue weighted by Crippen LogP contribution is 2.00. The fourth-order valence-corrected chi connectivity index (χ4v) is 1.36. The number of nitrogens with zero attached hydrogens (tertiary/aromatic N) is 2. The minimum absolute atomic E-state index is 0.535. The standard InChI is InChI=1S/C2H2N2O3S2/c5-9(6,7)2-3-1-8-4-2/h1H,(H,5,6,7). The molecule has 0 bridgehead atoms. The zero-order chi connectivity index (χ0) is 6.91. The van der Waals surface area contributed by atoms with Crippen molar-refractivity contribution < 1.29 is 13.0 Å². The molecule has 0 spiro atoms. The molecule has 5 nitrogen and oxygen atoms in total. The van der Waals surface area contributed by atoms with Crippen LogP contribution < -0.4 is 0 Å². The minimum Gasteiger partial charge on any atom is -0.279 e. The Bertz CT molecular complexity index is 275. The molecule has 1 aromatic heterocycles. The van der Waals surface area contributed by atoms with Gasteiger partial charge < -0.3 is 0 Å². The molecule has 0 fully saturated rings. The van der Waals surface area contributed by atoms with Crippen LogP contribution in [0.1, 0.15) is 0 Å². The second kappa shape index (κ2) is 2.01. The summed E-state index contributed by atoms with van der Waals surface area (Å²) in [6, 6.07) is 0. The van der Waals surface area contributed by atoms with Crippen LogP contribution in [0.15, 0.2) is 10.7 Å². The first-order valence-electron chi connectivity index (χ1n) is 1.84. The molecular weight excluding hydrogens is 164 g/mol. The molecule has 1 heterocycles. The van der Waals surface area contributed by atoms with Crippen LogP contribution in [-0.2, 0) is 10.1 Å². The van der Waals surface area contributed by atoms with Gasteiger partial charge in [-0.05, 0) is 11.5 Å².